The molecule has 0 bridgehead atoms. The molecule has 0 saturated carbocycles. The average molecular weight is 397 g/mol. The van der Waals surface area contributed by atoms with Crippen molar-refractivity contribution in [1.82, 2.24) is 14.7 Å². The van der Waals surface area contributed by atoms with Crippen LogP contribution in [0.5, 0.6) is 5.75 Å². The normalized spacial score (nSPS) is 17.6. The van der Waals surface area contributed by atoms with E-state index in [1.807, 2.05) is 29.2 Å². The smallest absolute Gasteiger partial charge is 0.254 e. The number of amides is 2. The summed E-state index contributed by atoms with van der Waals surface area (Å²) >= 11 is 0. The molecule has 0 radical (unpaired) electrons. The van der Waals surface area contributed by atoms with Crippen LogP contribution in [0, 0.1) is 0 Å². The number of nitrogen functional groups attached to an aromatic ring is 1. The monoisotopic (exact) mass is 397 g/mol. The van der Waals surface area contributed by atoms with Crippen molar-refractivity contribution in [2.45, 2.75) is 25.2 Å². The number of primary amides is 1. The van der Waals surface area contributed by atoms with Gasteiger partial charge in [0, 0.05) is 26.1 Å². The molecule has 4 rings (SSSR count). The third-order valence-electron chi connectivity index (χ3n) is 5.22. The van der Waals surface area contributed by atoms with Gasteiger partial charge in [-0.05, 0) is 37.0 Å². The number of hydrogen-bond acceptors (Lipinski definition) is 5. The van der Waals surface area contributed by atoms with Crippen LogP contribution in [0.25, 0.3) is 0 Å². The zero-order chi connectivity index (χ0) is 21.0. The molecule has 1 aromatic carbocycles. The number of likely N-dealkylation sites (tertiary alicyclic amines) is 1. The number of anilines is 1. The first-order chi connectivity index (χ1) is 13.9. The number of aromatic nitrogens is 2. The number of para-hydroxylation sites is 1. The van der Waals surface area contributed by atoms with Gasteiger partial charge in [0.25, 0.3) is 5.91 Å². The number of rotatable bonds is 3. The Morgan fingerprint density at radius 1 is 1.28 bits per heavy atom. The minimum absolute atomic E-state index is 0.0177. The van der Waals surface area contributed by atoms with E-state index in [1.165, 1.54) is 10.8 Å². The first-order valence-electron chi connectivity index (χ1n) is 9.66. The van der Waals surface area contributed by atoms with E-state index >= 15 is 0 Å². The Hall–Kier alpha value is -3.29. The second-order valence-electron chi connectivity index (χ2n) is 7.19. The van der Waals surface area contributed by atoms with Crippen molar-refractivity contribution in [2.24, 2.45) is 12.8 Å². The zero-order valence-corrected chi connectivity index (χ0v) is 16.6. The number of ether oxygens (including phenoxy) is 1. The number of benzene rings is 1. The summed E-state index contributed by atoms with van der Waals surface area (Å²) in [6, 6.07) is 7.85. The van der Waals surface area contributed by atoms with Crippen LogP contribution in [-0.2, 0) is 18.3 Å². The molecule has 1 atom stereocenters. The quantitative estimate of drug-likeness (QED) is 0.763. The lowest BCUT2D eigenvalue weighted by Crippen LogP contribution is -2.25. The summed E-state index contributed by atoms with van der Waals surface area (Å²) in [5.74, 6) is 0.687. The number of nitrogens with two attached hydrogens (primary N) is 2. The molecule has 29 heavy (non-hydrogen) atoms. The number of carbonyl (C=O) groups excluding carboxylic acids is 2. The Kier molecular flexibility index (Phi) is 6.21. The fraction of sp³-hybridized carbons (Fsp3) is 0.381. The highest BCUT2D eigenvalue weighted by molar-refractivity contribution is 5.98. The minimum Gasteiger partial charge on any atom is -0.493 e. The predicted octanol–water partition coefficient (Wildman–Crippen LogP) is 1.61. The highest BCUT2D eigenvalue weighted by Crippen LogP contribution is 2.34. The SMILES string of the molecule is C=CC(=O)N1CCCC1.Cn1nc(C2COc3ccccc3C2)c(C(N)=O)c1N. The maximum atomic E-state index is 11.6. The van der Waals surface area contributed by atoms with Gasteiger partial charge in [0.2, 0.25) is 5.91 Å². The number of hydrogen-bond donors (Lipinski definition) is 2. The van der Waals surface area contributed by atoms with E-state index in [9.17, 15) is 9.59 Å². The van der Waals surface area contributed by atoms with Crippen LogP contribution in [0.3, 0.4) is 0 Å². The molecular formula is C21H27N5O3. The molecule has 3 heterocycles. The summed E-state index contributed by atoms with van der Waals surface area (Å²) < 4.78 is 7.21. The Morgan fingerprint density at radius 2 is 1.97 bits per heavy atom. The minimum atomic E-state index is -0.551. The summed E-state index contributed by atoms with van der Waals surface area (Å²) in [6.45, 7) is 5.72. The van der Waals surface area contributed by atoms with Gasteiger partial charge in [0.15, 0.2) is 0 Å². The molecule has 0 spiro atoms. The van der Waals surface area contributed by atoms with Gasteiger partial charge in [-0.15, -0.1) is 0 Å². The largest absolute Gasteiger partial charge is 0.493 e. The van der Waals surface area contributed by atoms with Crippen molar-refractivity contribution in [3.8, 4) is 5.75 Å². The van der Waals surface area contributed by atoms with Gasteiger partial charge in [-0.1, -0.05) is 24.8 Å². The highest BCUT2D eigenvalue weighted by atomic mass is 16.5. The van der Waals surface area contributed by atoms with Gasteiger partial charge in [-0.25, -0.2) is 0 Å². The summed E-state index contributed by atoms with van der Waals surface area (Å²) in [6.07, 6.45) is 4.44. The first-order valence-corrected chi connectivity index (χ1v) is 9.66. The van der Waals surface area contributed by atoms with Gasteiger partial charge in [0.05, 0.1) is 12.3 Å². The van der Waals surface area contributed by atoms with Gasteiger partial charge in [0.1, 0.15) is 17.1 Å². The Balaban J connectivity index is 0.000000224. The van der Waals surface area contributed by atoms with Crippen LogP contribution in [0.1, 0.15) is 40.4 Å². The Morgan fingerprint density at radius 3 is 2.62 bits per heavy atom. The molecule has 1 unspecified atom stereocenters. The second kappa shape index (κ2) is 8.81. The van der Waals surface area contributed by atoms with Crippen molar-refractivity contribution in [3.05, 3.63) is 53.7 Å². The van der Waals surface area contributed by atoms with E-state index in [0.29, 0.717) is 23.7 Å². The molecule has 0 aliphatic carbocycles. The fourth-order valence-electron chi connectivity index (χ4n) is 3.67. The van der Waals surface area contributed by atoms with Crippen molar-refractivity contribution < 1.29 is 14.3 Å². The van der Waals surface area contributed by atoms with E-state index in [0.717, 1.165) is 43.7 Å². The molecule has 8 heteroatoms. The Bertz CT molecular complexity index is 915. The van der Waals surface area contributed by atoms with Crippen LogP contribution < -0.4 is 16.2 Å². The van der Waals surface area contributed by atoms with E-state index in [1.54, 1.807) is 7.05 Å². The molecule has 8 nitrogen and oxygen atoms in total. The highest BCUT2D eigenvalue weighted by Gasteiger charge is 2.29. The summed E-state index contributed by atoms with van der Waals surface area (Å²) in [4.78, 5) is 24.2. The number of fused-ring (bicyclic) bond motifs is 1. The lowest BCUT2D eigenvalue weighted by Gasteiger charge is -2.24. The second-order valence-corrected chi connectivity index (χ2v) is 7.19. The summed E-state index contributed by atoms with van der Waals surface area (Å²) in [5.41, 5.74) is 13.3. The van der Waals surface area contributed by atoms with Gasteiger partial charge in [-0.2, -0.15) is 5.10 Å². The number of aryl methyl sites for hydroxylation is 1. The van der Waals surface area contributed by atoms with E-state index in [2.05, 4.69) is 11.7 Å². The Labute approximate surface area is 170 Å². The zero-order valence-electron chi connectivity index (χ0n) is 16.6. The van der Waals surface area contributed by atoms with Crippen molar-refractivity contribution in [1.29, 1.82) is 0 Å². The lowest BCUT2D eigenvalue weighted by atomic mass is 9.92. The molecule has 1 saturated heterocycles. The molecule has 1 aromatic heterocycles. The van der Waals surface area contributed by atoms with Crippen molar-refractivity contribution >= 4 is 17.6 Å². The summed E-state index contributed by atoms with van der Waals surface area (Å²) in [5, 5.41) is 4.34. The van der Waals surface area contributed by atoms with Gasteiger partial charge >= 0.3 is 0 Å². The fourth-order valence-corrected chi connectivity index (χ4v) is 3.67. The van der Waals surface area contributed by atoms with Crippen LogP contribution >= 0.6 is 0 Å². The molecular weight excluding hydrogens is 370 g/mol. The lowest BCUT2D eigenvalue weighted by molar-refractivity contribution is -0.124. The molecule has 2 aliphatic rings. The molecule has 2 aliphatic heterocycles. The maximum Gasteiger partial charge on any atom is 0.254 e. The van der Waals surface area contributed by atoms with Crippen LogP contribution in [0.15, 0.2) is 36.9 Å². The van der Waals surface area contributed by atoms with E-state index in [4.69, 9.17) is 16.2 Å². The molecule has 1 fully saturated rings. The van der Waals surface area contributed by atoms with Gasteiger partial charge < -0.3 is 21.1 Å². The molecule has 4 N–H and O–H groups in total. The van der Waals surface area contributed by atoms with Crippen LogP contribution in [0.4, 0.5) is 5.82 Å². The van der Waals surface area contributed by atoms with Crippen molar-refractivity contribution in [2.75, 3.05) is 25.4 Å². The standard InChI is InChI=1S/C14H16N4O2.C7H11NO/c1-18-13(15)11(14(16)19)12(17-18)9-6-8-4-2-3-5-10(8)20-7-9;1-2-7(9)8-5-3-4-6-8/h2-5,9H,6-7,15H2,1H3,(H2,16,19);2H,1,3-6H2. The topological polar surface area (TPSA) is 116 Å². The average Bonchev–Trinajstić information content (AvgIpc) is 3.36. The van der Waals surface area contributed by atoms with Crippen LogP contribution in [-0.4, -0.2) is 46.2 Å². The van der Waals surface area contributed by atoms with Crippen LogP contribution in [0.2, 0.25) is 0 Å². The maximum absolute atomic E-state index is 11.6. The summed E-state index contributed by atoms with van der Waals surface area (Å²) in [7, 11) is 1.70. The van der Waals surface area contributed by atoms with E-state index < -0.39 is 5.91 Å². The predicted molar refractivity (Wildman–Crippen MR) is 111 cm³/mol. The van der Waals surface area contributed by atoms with E-state index in [-0.39, 0.29) is 11.8 Å². The van der Waals surface area contributed by atoms with Gasteiger partial charge in [-0.3, -0.25) is 14.3 Å². The molecule has 154 valence electrons. The van der Waals surface area contributed by atoms with Crippen molar-refractivity contribution in [3.63, 3.8) is 0 Å². The number of nitrogens with zero attached hydrogens (tertiary/aromatic N) is 3. The third-order valence-corrected chi connectivity index (χ3v) is 5.22. The first kappa shape index (κ1) is 20.4. The molecule has 2 aromatic rings. The number of carbonyl (C=O) groups is 2. The third kappa shape index (κ3) is 4.42. The molecule has 2 amide bonds.